The Morgan fingerprint density at radius 1 is 1.12 bits per heavy atom. The largest absolute Gasteiger partial charge is 0.493 e. The lowest BCUT2D eigenvalue weighted by atomic mass is 9.91. The zero-order valence-corrected chi connectivity index (χ0v) is 18.5. The highest BCUT2D eigenvalue weighted by molar-refractivity contribution is 5.77. The van der Waals surface area contributed by atoms with Crippen LogP contribution >= 0.6 is 0 Å². The highest BCUT2D eigenvalue weighted by atomic mass is 19.4. The molecule has 5 nitrogen and oxygen atoms in total. The zero-order chi connectivity index (χ0) is 23.3. The van der Waals surface area contributed by atoms with Crippen LogP contribution in [0.1, 0.15) is 48.9 Å². The first kappa shape index (κ1) is 23.8. The average molecular weight is 451 g/mol. The minimum Gasteiger partial charge on any atom is -0.493 e. The summed E-state index contributed by atoms with van der Waals surface area (Å²) >= 11 is 0. The van der Waals surface area contributed by atoms with Crippen LogP contribution in [0.25, 0.3) is 0 Å². The number of alkyl halides is 3. The van der Waals surface area contributed by atoms with E-state index in [4.69, 9.17) is 14.2 Å². The van der Waals surface area contributed by atoms with E-state index in [1.165, 1.54) is 19.2 Å². The van der Waals surface area contributed by atoms with Crippen molar-refractivity contribution >= 4 is 5.91 Å². The van der Waals surface area contributed by atoms with Crippen molar-refractivity contribution in [2.24, 2.45) is 0 Å². The second-order valence-electron chi connectivity index (χ2n) is 7.70. The van der Waals surface area contributed by atoms with Crippen LogP contribution in [0.3, 0.4) is 0 Å². The quantitative estimate of drug-likeness (QED) is 0.538. The standard InChI is InChI=1S/C24H28F3NO4/c1-4-5-9-23(29)28-11-10-16-12-21(30-2)22(31-3)14-19(16)20(28)15-32-18-8-6-7-17(13-18)24(25,26)27/h6-8,12-14,20H,4-5,9-11,15H2,1-3H3/t20-/m1/s1. The van der Waals surface area contributed by atoms with Crippen molar-refractivity contribution in [1.82, 2.24) is 4.90 Å². The molecule has 0 radical (unpaired) electrons. The number of nitrogens with zero attached hydrogens (tertiary/aromatic N) is 1. The number of hydrogen-bond donors (Lipinski definition) is 0. The zero-order valence-electron chi connectivity index (χ0n) is 18.5. The molecule has 1 atom stereocenters. The topological polar surface area (TPSA) is 48.0 Å². The number of carbonyl (C=O) groups is 1. The molecule has 2 aromatic rings. The number of fused-ring (bicyclic) bond motifs is 1. The maximum Gasteiger partial charge on any atom is 0.416 e. The number of amides is 1. The molecule has 8 heteroatoms. The summed E-state index contributed by atoms with van der Waals surface area (Å²) in [7, 11) is 3.09. The molecule has 1 amide bonds. The van der Waals surface area contributed by atoms with Crippen molar-refractivity contribution in [3.05, 3.63) is 53.1 Å². The number of benzene rings is 2. The number of unbranched alkanes of at least 4 members (excludes halogenated alkanes) is 1. The number of ether oxygens (including phenoxy) is 3. The molecular formula is C24H28F3NO4. The van der Waals surface area contributed by atoms with Gasteiger partial charge in [-0.25, -0.2) is 0 Å². The number of rotatable bonds is 8. The fourth-order valence-corrected chi connectivity index (χ4v) is 3.92. The van der Waals surface area contributed by atoms with E-state index >= 15 is 0 Å². The SMILES string of the molecule is CCCCC(=O)N1CCc2cc(OC)c(OC)cc2[C@H]1COc1cccc(C(F)(F)F)c1. The van der Waals surface area contributed by atoms with Gasteiger partial charge in [0.2, 0.25) is 5.91 Å². The molecule has 0 unspecified atom stereocenters. The van der Waals surface area contributed by atoms with Gasteiger partial charge in [0.1, 0.15) is 12.4 Å². The Bertz CT molecular complexity index is 945. The van der Waals surface area contributed by atoms with Crippen LogP contribution in [0.15, 0.2) is 36.4 Å². The predicted octanol–water partition coefficient (Wildman–Crippen LogP) is 5.42. The van der Waals surface area contributed by atoms with Crippen molar-refractivity contribution in [3.8, 4) is 17.2 Å². The Labute approximate surface area is 186 Å². The summed E-state index contributed by atoms with van der Waals surface area (Å²) in [6.07, 6.45) is -1.72. The second kappa shape index (κ2) is 10.1. The average Bonchev–Trinajstić information content (AvgIpc) is 2.79. The Morgan fingerprint density at radius 3 is 2.50 bits per heavy atom. The van der Waals surface area contributed by atoms with Crippen molar-refractivity contribution < 1.29 is 32.2 Å². The first-order valence-electron chi connectivity index (χ1n) is 10.6. The number of carbonyl (C=O) groups excluding carboxylic acids is 1. The summed E-state index contributed by atoms with van der Waals surface area (Å²) in [5.41, 5.74) is 1.08. The molecule has 0 aliphatic carbocycles. The molecule has 0 saturated heterocycles. The Morgan fingerprint density at radius 2 is 1.84 bits per heavy atom. The molecule has 0 saturated carbocycles. The molecule has 0 aromatic heterocycles. The highest BCUT2D eigenvalue weighted by Crippen LogP contribution is 2.39. The van der Waals surface area contributed by atoms with Gasteiger partial charge in [0.15, 0.2) is 11.5 Å². The van der Waals surface area contributed by atoms with Crippen LogP contribution in [-0.2, 0) is 17.4 Å². The Kier molecular flexibility index (Phi) is 7.53. The summed E-state index contributed by atoms with van der Waals surface area (Å²) in [5, 5.41) is 0. The highest BCUT2D eigenvalue weighted by Gasteiger charge is 2.33. The van der Waals surface area contributed by atoms with Gasteiger partial charge in [0.25, 0.3) is 0 Å². The van der Waals surface area contributed by atoms with Crippen molar-refractivity contribution in [3.63, 3.8) is 0 Å². The van der Waals surface area contributed by atoms with Gasteiger partial charge in [-0.3, -0.25) is 4.79 Å². The summed E-state index contributed by atoms with van der Waals surface area (Å²) in [6.45, 7) is 2.55. The fourth-order valence-electron chi connectivity index (χ4n) is 3.92. The van der Waals surface area contributed by atoms with Crippen molar-refractivity contribution in [2.45, 2.75) is 44.8 Å². The predicted molar refractivity (Wildman–Crippen MR) is 114 cm³/mol. The summed E-state index contributed by atoms with van der Waals surface area (Å²) in [4.78, 5) is 14.7. The smallest absolute Gasteiger partial charge is 0.416 e. The molecule has 0 N–H and O–H groups in total. The van der Waals surface area contributed by atoms with Gasteiger partial charge in [-0.1, -0.05) is 19.4 Å². The molecule has 1 heterocycles. The number of halogens is 3. The molecule has 1 aliphatic rings. The van der Waals surface area contributed by atoms with E-state index in [2.05, 4.69) is 0 Å². The molecule has 2 aromatic carbocycles. The second-order valence-corrected chi connectivity index (χ2v) is 7.70. The molecular weight excluding hydrogens is 423 g/mol. The third-order valence-corrected chi connectivity index (χ3v) is 5.64. The number of hydrogen-bond acceptors (Lipinski definition) is 4. The van der Waals surface area contributed by atoms with Gasteiger partial charge in [0.05, 0.1) is 25.8 Å². The lowest BCUT2D eigenvalue weighted by Gasteiger charge is -2.37. The fraction of sp³-hybridized carbons (Fsp3) is 0.458. The van der Waals surface area contributed by atoms with Gasteiger partial charge in [-0.05, 0) is 54.3 Å². The molecule has 0 bridgehead atoms. The van der Waals surface area contributed by atoms with Crippen LogP contribution in [0.5, 0.6) is 17.2 Å². The third kappa shape index (κ3) is 5.29. The van der Waals surface area contributed by atoms with Crippen LogP contribution in [0.2, 0.25) is 0 Å². The molecule has 0 spiro atoms. The molecule has 32 heavy (non-hydrogen) atoms. The van der Waals surface area contributed by atoms with Gasteiger partial charge < -0.3 is 19.1 Å². The van der Waals surface area contributed by atoms with E-state index < -0.39 is 17.8 Å². The van der Waals surface area contributed by atoms with Gasteiger partial charge in [-0.2, -0.15) is 13.2 Å². The Balaban J connectivity index is 1.92. The minimum absolute atomic E-state index is 0.00456. The maximum atomic E-state index is 13.1. The molecule has 0 fully saturated rings. The summed E-state index contributed by atoms with van der Waals surface area (Å²) in [6, 6.07) is 8.04. The minimum atomic E-state index is -4.46. The van der Waals surface area contributed by atoms with E-state index in [0.717, 1.165) is 36.1 Å². The van der Waals surface area contributed by atoms with Crippen LogP contribution in [0, 0.1) is 0 Å². The van der Waals surface area contributed by atoms with E-state index in [1.54, 1.807) is 12.0 Å². The number of methoxy groups -OCH3 is 2. The van der Waals surface area contributed by atoms with Crippen LogP contribution < -0.4 is 14.2 Å². The summed E-state index contributed by atoms with van der Waals surface area (Å²) < 4.78 is 55.8. The van der Waals surface area contributed by atoms with E-state index in [9.17, 15) is 18.0 Å². The van der Waals surface area contributed by atoms with Crippen molar-refractivity contribution in [2.75, 3.05) is 27.4 Å². The molecule has 1 aliphatic heterocycles. The first-order valence-corrected chi connectivity index (χ1v) is 10.6. The molecule has 174 valence electrons. The third-order valence-electron chi connectivity index (χ3n) is 5.64. The normalized spacial score (nSPS) is 15.8. The lowest BCUT2D eigenvalue weighted by molar-refractivity contribution is -0.137. The summed E-state index contributed by atoms with van der Waals surface area (Å²) in [5.74, 6) is 1.23. The van der Waals surface area contributed by atoms with Gasteiger partial charge >= 0.3 is 6.18 Å². The van der Waals surface area contributed by atoms with Crippen LogP contribution in [0.4, 0.5) is 13.2 Å². The Hall–Kier alpha value is -2.90. The maximum absolute atomic E-state index is 13.1. The molecule has 3 rings (SSSR count). The van der Waals surface area contributed by atoms with E-state index in [1.807, 2.05) is 19.1 Å². The lowest BCUT2D eigenvalue weighted by Crippen LogP contribution is -2.42. The first-order chi connectivity index (χ1) is 15.3. The monoisotopic (exact) mass is 451 g/mol. The van der Waals surface area contributed by atoms with E-state index in [-0.39, 0.29) is 18.3 Å². The van der Waals surface area contributed by atoms with E-state index in [0.29, 0.717) is 30.9 Å². The van der Waals surface area contributed by atoms with Crippen LogP contribution in [-0.4, -0.2) is 38.2 Å². The van der Waals surface area contributed by atoms with Gasteiger partial charge in [0, 0.05) is 13.0 Å². The van der Waals surface area contributed by atoms with Gasteiger partial charge in [-0.15, -0.1) is 0 Å². The van der Waals surface area contributed by atoms with Crippen molar-refractivity contribution in [1.29, 1.82) is 0 Å².